The summed E-state index contributed by atoms with van der Waals surface area (Å²) >= 11 is 3.37. The van der Waals surface area contributed by atoms with Crippen LogP contribution in [0.2, 0.25) is 0 Å². The maximum Gasteiger partial charge on any atom is 0.145 e. The molecule has 0 unspecified atom stereocenters. The van der Waals surface area contributed by atoms with Crippen LogP contribution in [0.5, 0.6) is 23.0 Å². The van der Waals surface area contributed by atoms with Gasteiger partial charge < -0.3 is 14.6 Å². The molecule has 0 amide bonds. The van der Waals surface area contributed by atoms with Crippen molar-refractivity contribution >= 4 is 21.7 Å². The molecule has 1 N–H and O–H groups in total. The van der Waals surface area contributed by atoms with E-state index in [4.69, 9.17) is 9.47 Å². The van der Waals surface area contributed by atoms with Crippen molar-refractivity contribution < 1.29 is 19.4 Å². The number of ketones is 1. The summed E-state index contributed by atoms with van der Waals surface area (Å²) in [5, 5.41) is 10.4. The molecule has 0 saturated carbocycles. The van der Waals surface area contributed by atoms with E-state index in [9.17, 15) is 9.90 Å². The molecule has 0 aliphatic rings. The van der Waals surface area contributed by atoms with Crippen molar-refractivity contribution in [2.45, 2.75) is 26.9 Å². The Bertz CT molecular complexity index is 989. The Morgan fingerprint density at radius 1 is 1.14 bits per heavy atom. The van der Waals surface area contributed by atoms with Crippen molar-refractivity contribution in [3.63, 3.8) is 0 Å². The van der Waals surface area contributed by atoms with Gasteiger partial charge in [-0.2, -0.15) is 0 Å². The molecule has 3 aromatic rings. The maximum absolute atomic E-state index is 12.0. The largest absolute Gasteiger partial charge is 0.506 e. The number of halogens is 1. The number of rotatable bonds is 8. The standard InChI is InChI=1S/C23H22BrNO4/c1-15(2)20(26)12-17-8-9-21(22(24)23(17)27)28-14-16-5-3-6-18(11-16)29-19-7-4-10-25-13-19/h3-11,13,15,27H,12,14H2,1-2H3. The van der Waals surface area contributed by atoms with Crippen molar-refractivity contribution in [2.24, 2.45) is 5.92 Å². The molecular formula is C23H22BrNO4. The average molecular weight is 456 g/mol. The lowest BCUT2D eigenvalue weighted by atomic mass is 10.0. The molecule has 0 atom stereocenters. The average Bonchev–Trinajstić information content (AvgIpc) is 2.72. The lowest BCUT2D eigenvalue weighted by Crippen LogP contribution is -2.10. The molecule has 2 aromatic carbocycles. The van der Waals surface area contributed by atoms with Gasteiger partial charge in [-0.1, -0.05) is 32.0 Å². The van der Waals surface area contributed by atoms with Gasteiger partial charge in [-0.05, 0) is 51.8 Å². The topological polar surface area (TPSA) is 68.7 Å². The molecule has 0 bridgehead atoms. The molecule has 0 saturated heterocycles. The number of benzene rings is 2. The fraction of sp³-hybridized carbons (Fsp3) is 0.217. The summed E-state index contributed by atoms with van der Waals surface area (Å²) < 4.78 is 12.1. The van der Waals surface area contributed by atoms with E-state index in [1.807, 2.05) is 50.2 Å². The van der Waals surface area contributed by atoms with Crippen LogP contribution in [0.3, 0.4) is 0 Å². The minimum absolute atomic E-state index is 0.0326. The number of phenols is 1. The number of hydrogen-bond donors (Lipinski definition) is 1. The second-order valence-corrected chi connectivity index (χ2v) is 7.70. The first kappa shape index (κ1) is 20.9. The fourth-order valence-corrected chi connectivity index (χ4v) is 3.14. The third kappa shape index (κ3) is 5.57. The normalized spacial score (nSPS) is 10.8. The number of carbonyl (C=O) groups is 1. The van der Waals surface area contributed by atoms with Gasteiger partial charge in [0.05, 0.1) is 6.20 Å². The second-order valence-electron chi connectivity index (χ2n) is 6.91. The fourth-order valence-electron chi connectivity index (χ4n) is 2.64. The minimum atomic E-state index is -0.0785. The Labute approximate surface area is 178 Å². The van der Waals surface area contributed by atoms with E-state index >= 15 is 0 Å². The maximum atomic E-state index is 12.0. The van der Waals surface area contributed by atoms with Crippen molar-refractivity contribution in [3.8, 4) is 23.0 Å². The van der Waals surface area contributed by atoms with Crippen LogP contribution in [0.1, 0.15) is 25.0 Å². The first-order valence-corrected chi connectivity index (χ1v) is 10.1. The third-order valence-electron chi connectivity index (χ3n) is 4.34. The molecule has 0 fully saturated rings. The number of aromatic hydroxyl groups is 1. The Balaban J connectivity index is 1.67. The first-order valence-electron chi connectivity index (χ1n) is 9.26. The molecule has 1 aromatic heterocycles. The van der Waals surface area contributed by atoms with Crippen LogP contribution in [0.15, 0.2) is 65.4 Å². The van der Waals surface area contributed by atoms with Crippen LogP contribution < -0.4 is 9.47 Å². The SMILES string of the molecule is CC(C)C(=O)Cc1ccc(OCc2cccc(Oc3cccnc3)c2)c(Br)c1O. The molecule has 29 heavy (non-hydrogen) atoms. The molecule has 0 radical (unpaired) electrons. The number of pyridine rings is 1. The molecule has 3 rings (SSSR count). The Hall–Kier alpha value is -2.86. The predicted molar refractivity (Wildman–Crippen MR) is 114 cm³/mol. The molecule has 5 nitrogen and oxygen atoms in total. The highest BCUT2D eigenvalue weighted by Crippen LogP contribution is 2.37. The van der Waals surface area contributed by atoms with E-state index in [1.165, 1.54) is 0 Å². The van der Waals surface area contributed by atoms with E-state index in [-0.39, 0.29) is 23.9 Å². The van der Waals surface area contributed by atoms with Gasteiger partial charge in [0.25, 0.3) is 0 Å². The predicted octanol–water partition coefficient (Wildman–Crippen LogP) is 5.69. The van der Waals surface area contributed by atoms with E-state index in [1.54, 1.807) is 24.5 Å². The van der Waals surface area contributed by atoms with Gasteiger partial charge in [-0.15, -0.1) is 0 Å². The van der Waals surface area contributed by atoms with E-state index in [0.29, 0.717) is 33.9 Å². The van der Waals surface area contributed by atoms with Crippen LogP contribution >= 0.6 is 15.9 Å². The van der Waals surface area contributed by atoms with Crippen molar-refractivity contribution in [2.75, 3.05) is 0 Å². The van der Waals surface area contributed by atoms with Crippen LogP contribution in [-0.4, -0.2) is 15.9 Å². The summed E-state index contributed by atoms with van der Waals surface area (Å²) in [5.41, 5.74) is 1.49. The molecule has 1 heterocycles. The molecule has 6 heteroatoms. The quantitative estimate of drug-likeness (QED) is 0.472. The minimum Gasteiger partial charge on any atom is -0.506 e. The van der Waals surface area contributed by atoms with E-state index < -0.39 is 0 Å². The van der Waals surface area contributed by atoms with Gasteiger partial charge in [0.1, 0.15) is 39.9 Å². The number of phenolic OH excluding ortho intramolecular Hbond substituents is 1. The highest BCUT2D eigenvalue weighted by atomic mass is 79.9. The van der Waals surface area contributed by atoms with Gasteiger partial charge in [0.15, 0.2) is 0 Å². The van der Waals surface area contributed by atoms with Crippen LogP contribution in [0.25, 0.3) is 0 Å². The zero-order valence-electron chi connectivity index (χ0n) is 16.3. The van der Waals surface area contributed by atoms with Gasteiger partial charge >= 0.3 is 0 Å². The summed E-state index contributed by atoms with van der Waals surface area (Å²) in [6.45, 7) is 3.99. The summed E-state index contributed by atoms with van der Waals surface area (Å²) in [4.78, 5) is 16.0. The van der Waals surface area contributed by atoms with E-state index in [0.717, 1.165) is 5.56 Å². The molecular weight excluding hydrogens is 434 g/mol. The monoisotopic (exact) mass is 455 g/mol. The number of ether oxygens (including phenoxy) is 2. The van der Waals surface area contributed by atoms with Gasteiger partial charge in [-0.25, -0.2) is 0 Å². The van der Waals surface area contributed by atoms with E-state index in [2.05, 4.69) is 20.9 Å². The number of nitrogens with zero attached hydrogens (tertiary/aromatic N) is 1. The first-order chi connectivity index (χ1) is 13.9. The third-order valence-corrected chi connectivity index (χ3v) is 5.10. The lowest BCUT2D eigenvalue weighted by molar-refractivity contribution is -0.121. The number of Topliss-reactive ketones (excluding diaryl/α,β-unsaturated/α-hetero) is 1. The summed E-state index contributed by atoms with van der Waals surface area (Å²) in [5.74, 6) is 1.87. The van der Waals surface area contributed by atoms with Crippen molar-refractivity contribution in [1.82, 2.24) is 4.98 Å². The van der Waals surface area contributed by atoms with Gasteiger partial charge in [0, 0.05) is 24.1 Å². The lowest BCUT2D eigenvalue weighted by Gasteiger charge is -2.13. The van der Waals surface area contributed by atoms with Crippen molar-refractivity contribution in [1.29, 1.82) is 0 Å². The molecule has 0 spiro atoms. The highest BCUT2D eigenvalue weighted by Gasteiger charge is 2.16. The second kappa shape index (κ2) is 9.56. The zero-order valence-corrected chi connectivity index (χ0v) is 17.8. The highest BCUT2D eigenvalue weighted by molar-refractivity contribution is 9.10. The Kier molecular flexibility index (Phi) is 6.88. The molecule has 0 aliphatic carbocycles. The number of aromatic nitrogens is 1. The van der Waals surface area contributed by atoms with Gasteiger partial charge in [-0.3, -0.25) is 9.78 Å². The number of carbonyl (C=O) groups excluding carboxylic acids is 1. The van der Waals surface area contributed by atoms with Crippen LogP contribution in [0.4, 0.5) is 0 Å². The summed E-state index contributed by atoms with van der Waals surface area (Å²) in [6, 6.07) is 14.7. The van der Waals surface area contributed by atoms with Crippen LogP contribution in [-0.2, 0) is 17.8 Å². The smallest absolute Gasteiger partial charge is 0.145 e. The molecule has 0 aliphatic heterocycles. The van der Waals surface area contributed by atoms with Gasteiger partial charge in [0.2, 0.25) is 0 Å². The Morgan fingerprint density at radius 2 is 1.93 bits per heavy atom. The summed E-state index contributed by atoms with van der Waals surface area (Å²) in [7, 11) is 0. The summed E-state index contributed by atoms with van der Waals surface area (Å²) in [6.07, 6.45) is 3.53. The zero-order chi connectivity index (χ0) is 20.8. The molecule has 150 valence electrons. The number of hydrogen-bond acceptors (Lipinski definition) is 5. The Morgan fingerprint density at radius 3 is 2.66 bits per heavy atom. The van der Waals surface area contributed by atoms with Crippen LogP contribution in [0, 0.1) is 5.92 Å². The van der Waals surface area contributed by atoms with Crippen molar-refractivity contribution in [3.05, 3.63) is 76.5 Å².